The number of hydrogen-bond acceptors (Lipinski definition) is 8. The van der Waals surface area contributed by atoms with E-state index in [1.54, 1.807) is 0 Å². The van der Waals surface area contributed by atoms with Gasteiger partial charge in [-0.25, -0.2) is 0 Å². The summed E-state index contributed by atoms with van der Waals surface area (Å²) in [5, 5.41) is 12.4. The number of benzene rings is 1. The molecule has 0 radical (unpaired) electrons. The molecule has 2 aromatic rings. The Hall–Kier alpha value is -3.67. The number of anilines is 1. The molecule has 1 aromatic carbocycles. The fraction of sp³-hybridized carbons (Fsp3) is 0.480. The molecule has 2 N–H and O–H groups in total. The minimum Gasteiger partial charge on any atom is -0.283 e. The first-order chi connectivity index (χ1) is 16.2. The van der Waals surface area contributed by atoms with Crippen LogP contribution in [0.5, 0.6) is 0 Å². The highest BCUT2D eigenvalue weighted by molar-refractivity contribution is 6.48. The molecule has 34 heavy (non-hydrogen) atoms. The molecule has 9 heteroatoms. The Kier molecular flexibility index (Phi) is 15.1. The van der Waals surface area contributed by atoms with Crippen molar-refractivity contribution in [1.29, 1.82) is 0 Å². The predicted octanol–water partition coefficient (Wildman–Crippen LogP) is 4.57. The molecule has 2 rings (SSSR count). The number of hydrogen-bond donors (Lipinski definition) is 2. The van der Waals surface area contributed by atoms with Gasteiger partial charge in [-0.3, -0.25) is 15.5 Å². The Morgan fingerprint density at radius 3 is 2.09 bits per heavy atom. The van der Waals surface area contributed by atoms with Gasteiger partial charge in [0.25, 0.3) is 0 Å². The summed E-state index contributed by atoms with van der Waals surface area (Å²) >= 11 is 0. The molecule has 0 unspecified atom stereocenters. The van der Waals surface area contributed by atoms with Crippen molar-refractivity contribution in [2.45, 2.75) is 72.6 Å². The lowest BCUT2D eigenvalue weighted by atomic mass is 9.88. The van der Waals surface area contributed by atoms with Gasteiger partial charge in [0.1, 0.15) is 0 Å². The zero-order chi connectivity index (χ0) is 26.0. The van der Waals surface area contributed by atoms with Crippen LogP contribution < -0.4 is 5.43 Å². The minimum atomic E-state index is 0.0202. The molecule has 0 saturated heterocycles. The molecule has 0 aliphatic heterocycles. The SMILES string of the molecule is CCCCN=C(C(CC)=NNc1n[nH]c(C(C)(C)C)c1CC)c1ccccc1.O=C=O.O=C=O. The first kappa shape index (κ1) is 30.3. The normalized spacial score (nSPS) is 11.2. The molecule has 0 atom stereocenters. The topological polar surface area (TPSA) is 134 Å². The number of aliphatic imine (C=N–C) groups is 1. The second kappa shape index (κ2) is 16.9. The monoisotopic (exact) mass is 469 g/mol. The highest BCUT2D eigenvalue weighted by Crippen LogP contribution is 2.28. The average Bonchev–Trinajstić information content (AvgIpc) is 3.23. The first-order valence-electron chi connectivity index (χ1n) is 11.2. The van der Waals surface area contributed by atoms with E-state index in [1.807, 2.05) is 18.2 Å². The van der Waals surface area contributed by atoms with Crippen LogP contribution in [0.3, 0.4) is 0 Å². The molecule has 0 aliphatic rings. The van der Waals surface area contributed by atoms with Crippen molar-refractivity contribution in [1.82, 2.24) is 10.2 Å². The minimum absolute atomic E-state index is 0.0202. The Labute approximate surface area is 201 Å². The zero-order valence-corrected chi connectivity index (χ0v) is 20.9. The molecule has 0 aliphatic carbocycles. The van der Waals surface area contributed by atoms with Gasteiger partial charge in [-0.1, -0.05) is 78.3 Å². The number of unbranched alkanes of at least 4 members (excludes halogenated alkanes) is 1. The summed E-state index contributed by atoms with van der Waals surface area (Å²) in [7, 11) is 0. The van der Waals surface area contributed by atoms with Crippen molar-refractivity contribution >= 4 is 29.5 Å². The van der Waals surface area contributed by atoms with Gasteiger partial charge in [-0.2, -0.15) is 29.4 Å². The van der Waals surface area contributed by atoms with E-state index < -0.39 is 0 Å². The fourth-order valence-electron chi connectivity index (χ4n) is 3.14. The van der Waals surface area contributed by atoms with E-state index in [0.717, 1.165) is 60.7 Å². The first-order valence-corrected chi connectivity index (χ1v) is 11.2. The van der Waals surface area contributed by atoms with Crippen molar-refractivity contribution in [3.05, 3.63) is 47.2 Å². The highest BCUT2D eigenvalue weighted by atomic mass is 16.2. The molecule has 0 saturated carbocycles. The Morgan fingerprint density at radius 2 is 1.62 bits per heavy atom. The lowest BCUT2D eigenvalue weighted by Crippen LogP contribution is -2.18. The van der Waals surface area contributed by atoms with Crippen LogP contribution in [0.25, 0.3) is 0 Å². The molecule has 9 nitrogen and oxygen atoms in total. The van der Waals surface area contributed by atoms with Gasteiger partial charge in [0, 0.05) is 28.8 Å². The lowest BCUT2D eigenvalue weighted by Gasteiger charge is -2.18. The van der Waals surface area contributed by atoms with Crippen LogP contribution in [0.15, 0.2) is 40.4 Å². The van der Waals surface area contributed by atoms with Crippen LogP contribution in [0.4, 0.5) is 5.82 Å². The molecule has 0 spiro atoms. The number of aromatic nitrogens is 2. The van der Waals surface area contributed by atoms with Gasteiger partial charge >= 0.3 is 12.3 Å². The number of aromatic amines is 1. The Morgan fingerprint density at radius 1 is 1.03 bits per heavy atom. The van der Waals surface area contributed by atoms with Crippen molar-refractivity contribution < 1.29 is 19.2 Å². The smallest absolute Gasteiger partial charge is 0.283 e. The summed E-state index contributed by atoms with van der Waals surface area (Å²) in [5.74, 6) is 0.805. The molecule has 0 amide bonds. The van der Waals surface area contributed by atoms with Gasteiger partial charge in [0.15, 0.2) is 5.82 Å². The Bertz CT molecular complexity index is 964. The van der Waals surface area contributed by atoms with Gasteiger partial charge in [-0.05, 0) is 19.3 Å². The molecule has 0 fully saturated rings. The molecule has 0 bridgehead atoms. The van der Waals surface area contributed by atoms with Crippen LogP contribution in [-0.4, -0.2) is 40.5 Å². The molecule has 184 valence electrons. The fourth-order valence-corrected chi connectivity index (χ4v) is 3.14. The number of nitrogens with one attached hydrogen (secondary N) is 2. The number of carbonyl (C=O) groups excluding carboxylic acids is 4. The maximum Gasteiger partial charge on any atom is 0.373 e. The lowest BCUT2D eigenvalue weighted by molar-refractivity contribution is -0.193. The average molecular weight is 470 g/mol. The third-order valence-electron chi connectivity index (χ3n) is 4.70. The van der Waals surface area contributed by atoms with Crippen molar-refractivity contribution in [3.63, 3.8) is 0 Å². The van der Waals surface area contributed by atoms with Crippen LogP contribution in [0.1, 0.15) is 77.6 Å². The zero-order valence-electron chi connectivity index (χ0n) is 20.9. The second-order valence-electron chi connectivity index (χ2n) is 8.17. The van der Waals surface area contributed by atoms with E-state index in [4.69, 9.17) is 29.3 Å². The van der Waals surface area contributed by atoms with Gasteiger partial charge in [-0.15, -0.1) is 0 Å². The highest BCUT2D eigenvalue weighted by Gasteiger charge is 2.22. The quantitative estimate of drug-likeness (QED) is 0.314. The summed E-state index contributed by atoms with van der Waals surface area (Å²) in [5.41, 5.74) is 8.60. The van der Waals surface area contributed by atoms with Crippen LogP contribution in [-0.2, 0) is 31.0 Å². The third kappa shape index (κ3) is 10.3. The third-order valence-corrected chi connectivity index (χ3v) is 4.70. The van der Waals surface area contributed by atoms with Gasteiger partial charge < -0.3 is 0 Å². The van der Waals surface area contributed by atoms with Gasteiger partial charge in [0.2, 0.25) is 0 Å². The molecular weight excluding hydrogens is 434 g/mol. The number of rotatable bonds is 9. The summed E-state index contributed by atoms with van der Waals surface area (Å²) in [6.07, 6.45) is 4.41. The van der Waals surface area contributed by atoms with Crippen molar-refractivity contribution in [2.24, 2.45) is 10.1 Å². The van der Waals surface area contributed by atoms with E-state index in [9.17, 15) is 0 Å². The largest absolute Gasteiger partial charge is 0.373 e. The van der Waals surface area contributed by atoms with E-state index in [1.165, 1.54) is 5.56 Å². The van der Waals surface area contributed by atoms with Gasteiger partial charge in [0.05, 0.1) is 11.4 Å². The van der Waals surface area contributed by atoms with Crippen LogP contribution >= 0.6 is 0 Å². The summed E-state index contributed by atoms with van der Waals surface area (Å²) in [6, 6.07) is 10.3. The van der Waals surface area contributed by atoms with E-state index >= 15 is 0 Å². The van der Waals surface area contributed by atoms with Crippen LogP contribution in [0.2, 0.25) is 0 Å². The van der Waals surface area contributed by atoms with Crippen molar-refractivity contribution in [3.8, 4) is 0 Å². The summed E-state index contributed by atoms with van der Waals surface area (Å²) in [4.78, 5) is 37.4. The van der Waals surface area contributed by atoms with E-state index in [2.05, 4.69) is 69.3 Å². The number of H-pyrrole nitrogens is 1. The van der Waals surface area contributed by atoms with Crippen molar-refractivity contribution in [2.75, 3.05) is 12.0 Å². The predicted molar refractivity (Wildman–Crippen MR) is 131 cm³/mol. The second-order valence-corrected chi connectivity index (χ2v) is 8.17. The number of nitrogens with zero attached hydrogens (tertiary/aromatic N) is 3. The maximum atomic E-state index is 8.12. The summed E-state index contributed by atoms with van der Waals surface area (Å²) < 4.78 is 0. The summed E-state index contributed by atoms with van der Waals surface area (Å²) in [6.45, 7) is 13.8. The Balaban J connectivity index is 0.00000164. The standard InChI is InChI=1S/C23H35N5.2CO2/c1-7-10-16-24-20(17-14-12-11-13-15-17)19(9-3)25-27-22-18(8-2)21(26-28-22)23(4,5)6;2*2-1-3/h11-15H,7-10,16H2,1-6H3,(H2,26,27,28);;. The molecule has 1 heterocycles. The van der Waals surface area contributed by atoms with E-state index in [-0.39, 0.29) is 17.7 Å². The molecule has 1 aromatic heterocycles. The maximum absolute atomic E-state index is 8.12. The number of hydrazone groups is 1. The van der Waals surface area contributed by atoms with E-state index in [0.29, 0.717) is 0 Å². The molecular formula is C25H35N5O4. The van der Waals surface area contributed by atoms with Crippen LogP contribution in [0, 0.1) is 0 Å².